The smallest absolute Gasteiger partial charge is 0.330 e. The predicted octanol–water partition coefficient (Wildman–Crippen LogP) is -3.43. The van der Waals surface area contributed by atoms with Crippen LogP contribution in [0.3, 0.4) is 0 Å². The lowest BCUT2D eigenvalue weighted by atomic mass is 9.97. The van der Waals surface area contributed by atoms with E-state index in [1.165, 1.54) is 18.2 Å². The number of rotatable bonds is 7. The minimum atomic E-state index is -1.86. The number of esters is 1. The van der Waals surface area contributed by atoms with Gasteiger partial charge in [0.05, 0.1) is 6.61 Å². The monoisotopic (exact) mass is 488 g/mol. The number of phenolic OH excluding ortho intramolecular Hbond substituents is 1. The average molecular weight is 488 g/mol. The van der Waals surface area contributed by atoms with Crippen LogP contribution in [0.25, 0.3) is 6.08 Å². The van der Waals surface area contributed by atoms with Crippen molar-refractivity contribution in [1.29, 1.82) is 0 Å². The van der Waals surface area contributed by atoms with Crippen molar-refractivity contribution in [1.82, 2.24) is 0 Å². The standard InChI is InChI=1S/C21H28O13/c22-7-11-14(25)16(27)18(29)21(33-11)34-19-17(28)15(26)12(32-20(19)30)8-31-13(24)6-3-9-1-4-10(23)5-2-9/h1-6,11-12,14-23,25-30H,7-8H2/b6-3+/t11-,12+,14+,15-,16+,17-,18+,19-,20+,21+/m0/s1. The van der Waals surface area contributed by atoms with Gasteiger partial charge in [-0.3, -0.25) is 0 Å². The summed E-state index contributed by atoms with van der Waals surface area (Å²) in [6, 6.07) is 6.00. The van der Waals surface area contributed by atoms with Crippen LogP contribution in [0.5, 0.6) is 5.75 Å². The van der Waals surface area contributed by atoms with E-state index in [-0.39, 0.29) is 5.75 Å². The van der Waals surface area contributed by atoms with Gasteiger partial charge in [0.15, 0.2) is 12.6 Å². The first-order valence-corrected chi connectivity index (χ1v) is 10.4. The second kappa shape index (κ2) is 11.5. The van der Waals surface area contributed by atoms with Crippen molar-refractivity contribution < 1.29 is 64.6 Å². The molecule has 34 heavy (non-hydrogen) atoms. The predicted molar refractivity (Wildman–Crippen MR) is 110 cm³/mol. The Morgan fingerprint density at radius 3 is 2.18 bits per heavy atom. The molecule has 0 aromatic heterocycles. The number of aromatic hydroxyl groups is 1. The Balaban J connectivity index is 1.54. The molecule has 0 radical (unpaired) electrons. The van der Waals surface area contributed by atoms with E-state index in [9.17, 15) is 45.6 Å². The summed E-state index contributed by atoms with van der Waals surface area (Å²) >= 11 is 0. The van der Waals surface area contributed by atoms with E-state index in [0.29, 0.717) is 5.56 Å². The van der Waals surface area contributed by atoms with Crippen molar-refractivity contribution in [2.24, 2.45) is 0 Å². The van der Waals surface area contributed by atoms with Crippen LogP contribution >= 0.6 is 0 Å². The number of carbonyl (C=O) groups excluding carboxylic acids is 1. The van der Waals surface area contributed by atoms with E-state index in [4.69, 9.17) is 18.9 Å². The molecule has 13 nitrogen and oxygen atoms in total. The number of hydrogen-bond acceptors (Lipinski definition) is 13. The van der Waals surface area contributed by atoms with Crippen LogP contribution in [0.4, 0.5) is 0 Å². The van der Waals surface area contributed by atoms with Crippen LogP contribution in [0.1, 0.15) is 5.56 Å². The number of carbonyl (C=O) groups is 1. The van der Waals surface area contributed by atoms with E-state index < -0.39 is 80.6 Å². The minimum Gasteiger partial charge on any atom is -0.508 e. The molecule has 0 spiro atoms. The van der Waals surface area contributed by atoms with Crippen molar-refractivity contribution in [3.8, 4) is 5.75 Å². The van der Waals surface area contributed by atoms with Crippen LogP contribution in [0.2, 0.25) is 0 Å². The first kappa shape index (κ1) is 26.4. The van der Waals surface area contributed by atoms with Crippen LogP contribution in [-0.2, 0) is 23.7 Å². The largest absolute Gasteiger partial charge is 0.508 e. The van der Waals surface area contributed by atoms with Crippen molar-refractivity contribution in [3.05, 3.63) is 35.9 Å². The van der Waals surface area contributed by atoms with Crippen molar-refractivity contribution in [2.45, 2.75) is 61.4 Å². The van der Waals surface area contributed by atoms with Crippen LogP contribution in [-0.4, -0.2) is 121 Å². The zero-order valence-corrected chi connectivity index (χ0v) is 17.8. The van der Waals surface area contributed by atoms with Gasteiger partial charge < -0.3 is 59.8 Å². The highest BCUT2D eigenvalue weighted by atomic mass is 16.7. The zero-order valence-electron chi connectivity index (χ0n) is 17.8. The van der Waals surface area contributed by atoms with Gasteiger partial charge in [0, 0.05) is 6.08 Å². The molecule has 3 rings (SSSR count). The molecule has 8 N–H and O–H groups in total. The molecule has 10 atom stereocenters. The Hall–Kier alpha value is -2.17. The molecule has 0 amide bonds. The van der Waals surface area contributed by atoms with Gasteiger partial charge >= 0.3 is 5.97 Å². The number of benzene rings is 1. The highest BCUT2D eigenvalue weighted by Crippen LogP contribution is 2.28. The lowest BCUT2D eigenvalue weighted by Gasteiger charge is -2.45. The van der Waals surface area contributed by atoms with Crippen molar-refractivity contribution in [3.63, 3.8) is 0 Å². The average Bonchev–Trinajstić information content (AvgIpc) is 2.82. The van der Waals surface area contributed by atoms with E-state index in [1.54, 1.807) is 12.1 Å². The molecular weight excluding hydrogens is 460 g/mol. The maximum atomic E-state index is 11.9. The molecule has 2 aliphatic rings. The molecule has 13 heteroatoms. The summed E-state index contributed by atoms with van der Waals surface area (Å²) in [4.78, 5) is 11.9. The summed E-state index contributed by atoms with van der Waals surface area (Å²) in [5.74, 6) is -0.735. The molecule has 2 fully saturated rings. The van der Waals surface area contributed by atoms with Gasteiger partial charge in [0.25, 0.3) is 0 Å². The quantitative estimate of drug-likeness (QED) is 0.139. The van der Waals surface area contributed by atoms with Gasteiger partial charge in [0.1, 0.15) is 61.2 Å². The van der Waals surface area contributed by atoms with Crippen molar-refractivity contribution in [2.75, 3.05) is 13.2 Å². The molecule has 0 unspecified atom stereocenters. The van der Waals surface area contributed by atoms with Crippen LogP contribution in [0, 0.1) is 0 Å². The normalized spacial score (nSPS) is 38.7. The van der Waals surface area contributed by atoms with E-state index in [2.05, 4.69) is 0 Å². The zero-order chi connectivity index (χ0) is 25.0. The van der Waals surface area contributed by atoms with Crippen molar-refractivity contribution >= 4 is 12.0 Å². The maximum Gasteiger partial charge on any atom is 0.330 e. The van der Waals surface area contributed by atoms with E-state index in [1.807, 2.05) is 0 Å². The topological polar surface area (TPSA) is 216 Å². The Morgan fingerprint density at radius 2 is 1.53 bits per heavy atom. The molecule has 0 saturated carbocycles. The Kier molecular flexibility index (Phi) is 8.95. The summed E-state index contributed by atoms with van der Waals surface area (Å²) in [5, 5.41) is 79.1. The summed E-state index contributed by atoms with van der Waals surface area (Å²) in [7, 11) is 0. The fourth-order valence-electron chi connectivity index (χ4n) is 3.50. The molecular formula is C21H28O13. The number of ether oxygens (including phenoxy) is 4. The second-order valence-corrected chi connectivity index (χ2v) is 7.90. The highest BCUT2D eigenvalue weighted by Gasteiger charge is 2.50. The highest BCUT2D eigenvalue weighted by molar-refractivity contribution is 5.87. The molecule has 2 aliphatic heterocycles. The molecule has 2 heterocycles. The summed E-state index contributed by atoms with van der Waals surface area (Å²) in [6.07, 6.45) is -13.9. The minimum absolute atomic E-state index is 0.0640. The van der Waals surface area contributed by atoms with Gasteiger partial charge in [-0.2, -0.15) is 0 Å². The lowest BCUT2D eigenvalue weighted by molar-refractivity contribution is -0.361. The fraction of sp³-hybridized carbons (Fsp3) is 0.571. The van der Waals surface area contributed by atoms with Crippen LogP contribution in [0.15, 0.2) is 30.3 Å². The molecule has 1 aromatic rings. The van der Waals surface area contributed by atoms with Gasteiger partial charge in [-0.25, -0.2) is 4.79 Å². The molecule has 0 aliphatic carbocycles. The Morgan fingerprint density at radius 1 is 0.882 bits per heavy atom. The molecule has 2 saturated heterocycles. The Labute approximate surface area is 193 Å². The summed E-state index contributed by atoms with van der Waals surface area (Å²) in [5.41, 5.74) is 0.614. The maximum absolute atomic E-state index is 11.9. The van der Waals surface area contributed by atoms with E-state index >= 15 is 0 Å². The number of hydrogen-bond donors (Lipinski definition) is 8. The van der Waals surface area contributed by atoms with Crippen LogP contribution < -0.4 is 0 Å². The number of aliphatic hydroxyl groups excluding tert-OH is 7. The SMILES string of the molecule is O=C(/C=C/c1ccc(O)cc1)OC[C@H]1O[C@@H](O)[C@@H](O[C@H]2O[C@@H](CO)[C@@H](O)[C@@H](O)[C@H]2O)[C@@H](O)[C@H]1O. The second-order valence-electron chi connectivity index (χ2n) is 7.90. The third kappa shape index (κ3) is 6.09. The molecule has 1 aromatic carbocycles. The van der Waals surface area contributed by atoms with Gasteiger partial charge in [-0.05, 0) is 23.8 Å². The summed E-state index contributed by atoms with van der Waals surface area (Å²) in [6.45, 7) is -1.24. The Bertz CT molecular complexity index is 828. The number of phenols is 1. The lowest BCUT2D eigenvalue weighted by Crippen LogP contribution is -2.64. The van der Waals surface area contributed by atoms with Gasteiger partial charge in [0.2, 0.25) is 0 Å². The third-order valence-corrected chi connectivity index (χ3v) is 5.50. The van der Waals surface area contributed by atoms with Gasteiger partial charge in [-0.1, -0.05) is 12.1 Å². The van der Waals surface area contributed by atoms with Gasteiger partial charge in [-0.15, -0.1) is 0 Å². The van der Waals surface area contributed by atoms with E-state index in [0.717, 1.165) is 6.08 Å². The first-order chi connectivity index (χ1) is 16.1. The fourth-order valence-corrected chi connectivity index (χ4v) is 3.50. The number of aliphatic hydroxyl groups is 7. The molecule has 190 valence electrons. The first-order valence-electron chi connectivity index (χ1n) is 10.4. The summed E-state index contributed by atoms with van der Waals surface area (Å²) < 4.78 is 20.6. The molecule has 0 bridgehead atoms. The third-order valence-electron chi connectivity index (χ3n) is 5.50.